The van der Waals surface area contributed by atoms with Gasteiger partial charge in [0.1, 0.15) is 0 Å². The molecular weight excluding hydrogens is 450 g/mol. The van der Waals surface area contributed by atoms with E-state index in [1.54, 1.807) is 12.1 Å². The van der Waals surface area contributed by atoms with Crippen LogP contribution < -0.4 is 16.4 Å². The number of rotatable bonds is 5. The fourth-order valence-corrected chi connectivity index (χ4v) is 9.32. The number of anilines is 2. The Bertz CT molecular complexity index is 1380. The number of hydrogen-bond donors (Lipinski definition) is 4. The molecule has 2 bridgehead atoms. The number of carbonyl (C=O) groups is 1. The standard InChI is InChI=1S/C29H31N5O2/c30-17-5-7-18(8-6-17)32-27(36)33-26-21-9-16-11-28(12-22(26)29(16,21)14-28)25(35)10-23-19-3-1-2-4-20(19)24-13-31-15-34(23)24/h1-8,13,15-16,21-23,25-26,35H,9-12,14,30H2,(H2,32,33,36). The molecule has 36 heavy (non-hydrogen) atoms. The van der Waals surface area contributed by atoms with Gasteiger partial charge in [-0.15, -0.1) is 0 Å². The molecule has 4 fully saturated rings. The summed E-state index contributed by atoms with van der Waals surface area (Å²) in [7, 11) is 0. The third kappa shape index (κ3) is 2.51. The smallest absolute Gasteiger partial charge is 0.319 e. The molecule has 8 rings (SSSR count). The van der Waals surface area contributed by atoms with E-state index in [0.717, 1.165) is 37.1 Å². The molecule has 2 heterocycles. The molecule has 1 spiro atoms. The fourth-order valence-electron chi connectivity index (χ4n) is 9.32. The summed E-state index contributed by atoms with van der Waals surface area (Å²) in [5.41, 5.74) is 11.2. The van der Waals surface area contributed by atoms with Gasteiger partial charge in [-0.2, -0.15) is 0 Å². The normalized spacial score (nSPS) is 36.8. The molecule has 4 saturated carbocycles. The van der Waals surface area contributed by atoms with Gasteiger partial charge < -0.3 is 26.0 Å². The SMILES string of the molecule is Nc1ccc(NC(=O)NC2C3CC4CC5(C(O)CC6c7ccccc7-c7cncn76)CC2C43C5)cc1. The summed E-state index contributed by atoms with van der Waals surface area (Å²) in [5, 5.41) is 18.1. The Morgan fingerprint density at radius 1 is 1.17 bits per heavy atom. The summed E-state index contributed by atoms with van der Waals surface area (Å²) >= 11 is 0. The first-order chi connectivity index (χ1) is 17.5. The zero-order valence-corrected chi connectivity index (χ0v) is 20.1. The van der Waals surface area contributed by atoms with E-state index in [-0.39, 0.29) is 29.6 Å². The first kappa shape index (κ1) is 20.8. The summed E-state index contributed by atoms with van der Waals surface area (Å²) in [4.78, 5) is 17.2. The van der Waals surface area contributed by atoms with Crippen molar-refractivity contribution < 1.29 is 9.90 Å². The number of nitrogens with one attached hydrogen (secondary N) is 2. The molecular formula is C29H31N5O2. The van der Waals surface area contributed by atoms with Gasteiger partial charge in [-0.3, -0.25) is 0 Å². The number of aromatic nitrogens is 2. The second-order valence-electron chi connectivity index (χ2n) is 12.0. The first-order valence-corrected chi connectivity index (χ1v) is 13.2. The Morgan fingerprint density at radius 2 is 2.00 bits per heavy atom. The number of fused-ring (bicyclic) bond motifs is 4. The van der Waals surface area contributed by atoms with Crippen LogP contribution in [0.1, 0.15) is 43.7 Å². The molecule has 2 aromatic carbocycles. The van der Waals surface area contributed by atoms with Gasteiger partial charge in [0.2, 0.25) is 0 Å². The minimum atomic E-state index is -0.362. The number of urea groups is 1. The van der Waals surface area contributed by atoms with Crippen molar-refractivity contribution in [2.24, 2.45) is 28.6 Å². The zero-order chi connectivity index (χ0) is 24.2. The number of benzene rings is 2. The summed E-state index contributed by atoms with van der Waals surface area (Å²) < 4.78 is 2.24. The van der Waals surface area contributed by atoms with E-state index in [1.165, 1.54) is 17.5 Å². The molecule has 4 aliphatic carbocycles. The number of aliphatic hydroxyl groups excluding tert-OH is 1. The highest BCUT2D eigenvalue weighted by molar-refractivity contribution is 5.89. The first-order valence-electron chi connectivity index (χ1n) is 13.2. The van der Waals surface area contributed by atoms with Crippen LogP contribution in [0, 0.1) is 28.6 Å². The molecule has 7 heteroatoms. The van der Waals surface area contributed by atoms with Gasteiger partial charge in [-0.25, -0.2) is 9.78 Å². The molecule has 2 amide bonds. The lowest BCUT2D eigenvalue weighted by molar-refractivity contribution is -0.202. The maximum atomic E-state index is 12.8. The van der Waals surface area contributed by atoms with Crippen LogP contribution in [0.4, 0.5) is 16.2 Å². The molecule has 0 radical (unpaired) electrons. The molecule has 1 aromatic heterocycles. The number of hydrogen-bond acceptors (Lipinski definition) is 4. The Labute approximate surface area is 210 Å². The highest BCUT2D eigenvalue weighted by atomic mass is 16.3. The largest absolute Gasteiger partial charge is 0.399 e. The van der Waals surface area contributed by atoms with E-state index >= 15 is 0 Å². The summed E-state index contributed by atoms with van der Waals surface area (Å²) in [6.45, 7) is 0. The fraction of sp³-hybridized carbons (Fsp3) is 0.448. The second-order valence-corrected chi connectivity index (χ2v) is 12.0. The number of imidazole rings is 1. The van der Waals surface area contributed by atoms with Gasteiger partial charge in [-0.1, -0.05) is 24.3 Å². The number of nitrogen functional groups attached to an aromatic ring is 1. The molecule has 8 unspecified atom stereocenters. The molecule has 3 aromatic rings. The van der Waals surface area contributed by atoms with Crippen molar-refractivity contribution in [1.82, 2.24) is 14.9 Å². The monoisotopic (exact) mass is 481 g/mol. The van der Waals surface area contributed by atoms with E-state index in [4.69, 9.17) is 5.73 Å². The molecule has 184 valence electrons. The van der Waals surface area contributed by atoms with Crippen LogP contribution in [0.25, 0.3) is 11.3 Å². The van der Waals surface area contributed by atoms with Gasteiger partial charge in [0, 0.05) is 23.0 Å². The Kier molecular flexibility index (Phi) is 4.00. The lowest BCUT2D eigenvalue weighted by Gasteiger charge is -2.70. The predicted molar refractivity (Wildman–Crippen MR) is 137 cm³/mol. The second kappa shape index (κ2) is 6.91. The third-order valence-electron chi connectivity index (χ3n) is 10.7. The van der Waals surface area contributed by atoms with E-state index in [0.29, 0.717) is 28.9 Å². The van der Waals surface area contributed by atoms with Crippen molar-refractivity contribution in [3.05, 3.63) is 66.6 Å². The third-order valence-corrected chi connectivity index (χ3v) is 10.7. The van der Waals surface area contributed by atoms with Gasteiger partial charge in [0.15, 0.2) is 0 Å². The lowest BCUT2D eigenvalue weighted by Crippen LogP contribution is -2.73. The van der Waals surface area contributed by atoms with Crippen molar-refractivity contribution in [3.63, 3.8) is 0 Å². The zero-order valence-electron chi connectivity index (χ0n) is 20.1. The Hall–Kier alpha value is -3.32. The maximum Gasteiger partial charge on any atom is 0.319 e. The Morgan fingerprint density at radius 3 is 2.86 bits per heavy atom. The van der Waals surface area contributed by atoms with Crippen LogP contribution in [0.15, 0.2) is 61.1 Å². The quantitative estimate of drug-likeness (QED) is 0.405. The number of aliphatic hydroxyl groups is 1. The minimum absolute atomic E-state index is 0.0355. The highest BCUT2D eigenvalue weighted by Crippen LogP contribution is 2.85. The minimum Gasteiger partial charge on any atom is -0.399 e. The molecule has 1 aliphatic heterocycles. The summed E-state index contributed by atoms with van der Waals surface area (Å²) in [6.07, 6.45) is 8.64. The molecule has 0 saturated heterocycles. The van der Waals surface area contributed by atoms with E-state index < -0.39 is 0 Å². The molecule has 7 nitrogen and oxygen atoms in total. The summed E-state index contributed by atoms with van der Waals surface area (Å²) in [5.74, 6) is 1.73. The van der Waals surface area contributed by atoms with Crippen LogP contribution in [-0.4, -0.2) is 32.8 Å². The van der Waals surface area contributed by atoms with Crippen LogP contribution >= 0.6 is 0 Å². The highest BCUT2D eigenvalue weighted by Gasteiger charge is 2.82. The van der Waals surface area contributed by atoms with Crippen LogP contribution in [0.2, 0.25) is 0 Å². The van der Waals surface area contributed by atoms with E-state index in [1.807, 2.05) is 24.7 Å². The van der Waals surface area contributed by atoms with Crippen molar-refractivity contribution in [3.8, 4) is 11.3 Å². The van der Waals surface area contributed by atoms with Crippen molar-refractivity contribution in [1.29, 1.82) is 0 Å². The van der Waals surface area contributed by atoms with Gasteiger partial charge in [0.05, 0.1) is 30.4 Å². The molecule has 5 N–H and O–H groups in total. The number of carbonyl (C=O) groups excluding carboxylic acids is 1. The van der Waals surface area contributed by atoms with E-state index in [2.05, 4.69) is 44.5 Å². The Balaban J connectivity index is 0.999. The van der Waals surface area contributed by atoms with Crippen molar-refractivity contribution >= 4 is 17.4 Å². The summed E-state index contributed by atoms with van der Waals surface area (Å²) in [6, 6.07) is 16.0. The average Bonchev–Trinajstić information content (AvgIpc) is 3.60. The van der Waals surface area contributed by atoms with Crippen LogP contribution in [0.3, 0.4) is 0 Å². The van der Waals surface area contributed by atoms with Gasteiger partial charge >= 0.3 is 6.03 Å². The maximum absolute atomic E-state index is 12.8. The van der Waals surface area contributed by atoms with Crippen molar-refractivity contribution in [2.75, 3.05) is 11.1 Å². The topological polar surface area (TPSA) is 105 Å². The molecule has 8 atom stereocenters. The number of amides is 2. The van der Waals surface area contributed by atoms with E-state index in [9.17, 15) is 9.90 Å². The molecule has 5 aliphatic rings. The number of nitrogens with zero attached hydrogens (tertiary/aromatic N) is 2. The lowest BCUT2D eigenvalue weighted by atomic mass is 9.36. The van der Waals surface area contributed by atoms with Gasteiger partial charge in [0.25, 0.3) is 0 Å². The van der Waals surface area contributed by atoms with Crippen LogP contribution in [0.5, 0.6) is 0 Å². The van der Waals surface area contributed by atoms with Gasteiger partial charge in [-0.05, 0) is 90.5 Å². The van der Waals surface area contributed by atoms with Crippen LogP contribution in [-0.2, 0) is 0 Å². The predicted octanol–water partition coefficient (Wildman–Crippen LogP) is 4.41. The van der Waals surface area contributed by atoms with Crippen molar-refractivity contribution in [2.45, 2.75) is 50.3 Å². The average molecular weight is 482 g/mol. The number of nitrogens with two attached hydrogens (primary N) is 1.